The van der Waals surface area contributed by atoms with Gasteiger partial charge in [0.05, 0.1) is 15.2 Å². The number of rotatable bonds is 1. The first-order valence-electron chi connectivity index (χ1n) is 3.99. The number of carbonyl (C=O) groups excluding carboxylic acids is 1. The molecule has 2 rings (SSSR count). The van der Waals surface area contributed by atoms with E-state index in [2.05, 4.69) is 10.3 Å². The summed E-state index contributed by atoms with van der Waals surface area (Å²) in [6.07, 6.45) is 0. The molecule has 0 aliphatic carbocycles. The summed E-state index contributed by atoms with van der Waals surface area (Å²) in [4.78, 5) is 15.0. The summed E-state index contributed by atoms with van der Waals surface area (Å²) in [6, 6.07) is 5.50. The molecule has 2 aromatic rings. The van der Waals surface area contributed by atoms with Crippen molar-refractivity contribution in [2.75, 3.05) is 5.32 Å². The standard InChI is InChI=1S/C9H7ClN2OS/c1-5(13)11-9-12-7-4-2-3-6(10)8(7)14-9/h2-4H,1H3,(H,11,12,13). The largest absolute Gasteiger partial charge is 0.302 e. The Morgan fingerprint density at radius 1 is 1.57 bits per heavy atom. The Morgan fingerprint density at radius 3 is 3.00 bits per heavy atom. The molecule has 0 bridgehead atoms. The molecule has 1 aromatic heterocycles. The molecule has 14 heavy (non-hydrogen) atoms. The van der Waals surface area contributed by atoms with Gasteiger partial charge in [-0.1, -0.05) is 29.0 Å². The fourth-order valence-corrected chi connectivity index (χ4v) is 2.32. The van der Waals surface area contributed by atoms with Gasteiger partial charge in [-0.05, 0) is 12.1 Å². The van der Waals surface area contributed by atoms with Crippen molar-refractivity contribution >= 4 is 44.2 Å². The Balaban J connectivity index is 2.51. The highest BCUT2D eigenvalue weighted by Crippen LogP contribution is 2.31. The van der Waals surface area contributed by atoms with Crippen LogP contribution in [0, 0.1) is 0 Å². The van der Waals surface area contributed by atoms with Gasteiger partial charge in [0.25, 0.3) is 0 Å². The summed E-state index contributed by atoms with van der Waals surface area (Å²) in [5, 5.41) is 3.88. The first-order chi connectivity index (χ1) is 6.66. The maximum absolute atomic E-state index is 10.8. The molecule has 3 nitrogen and oxygen atoms in total. The minimum atomic E-state index is -0.125. The molecule has 1 heterocycles. The number of anilines is 1. The predicted molar refractivity (Wildman–Crippen MR) is 58.9 cm³/mol. The molecule has 0 unspecified atom stereocenters. The zero-order valence-electron chi connectivity index (χ0n) is 7.37. The lowest BCUT2D eigenvalue weighted by molar-refractivity contribution is -0.114. The summed E-state index contributed by atoms with van der Waals surface area (Å²) >= 11 is 7.34. The maximum Gasteiger partial charge on any atom is 0.223 e. The molecule has 1 aromatic carbocycles. The number of benzene rings is 1. The van der Waals surface area contributed by atoms with Gasteiger partial charge >= 0.3 is 0 Å². The van der Waals surface area contributed by atoms with Gasteiger partial charge in [0.1, 0.15) is 0 Å². The van der Waals surface area contributed by atoms with Gasteiger partial charge in [-0.15, -0.1) is 0 Å². The van der Waals surface area contributed by atoms with Gasteiger partial charge in [-0.3, -0.25) is 4.79 Å². The molecule has 0 saturated carbocycles. The van der Waals surface area contributed by atoms with Gasteiger partial charge in [0.15, 0.2) is 5.13 Å². The smallest absolute Gasteiger partial charge is 0.223 e. The van der Waals surface area contributed by atoms with Gasteiger partial charge in [0, 0.05) is 6.92 Å². The topological polar surface area (TPSA) is 42.0 Å². The Hall–Kier alpha value is -1.13. The van der Waals surface area contributed by atoms with Crippen molar-refractivity contribution in [3.8, 4) is 0 Å². The minimum Gasteiger partial charge on any atom is -0.302 e. The number of halogens is 1. The van der Waals surface area contributed by atoms with E-state index in [0.717, 1.165) is 10.2 Å². The van der Waals surface area contributed by atoms with Crippen LogP contribution in [0.1, 0.15) is 6.92 Å². The van der Waals surface area contributed by atoms with Crippen molar-refractivity contribution in [1.82, 2.24) is 4.98 Å². The molecule has 72 valence electrons. The van der Waals surface area contributed by atoms with Gasteiger partial charge < -0.3 is 5.32 Å². The summed E-state index contributed by atoms with van der Waals surface area (Å²) in [7, 11) is 0. The zero-order chi connectivity index (χ0) is 10.1. The van der Waals surface area contributed by atoms with Crippen LogP contribution in [0.25, 0.3) is 10.2 Å². The lowest BCUT2D eigenvalue weighted by Gasteiger charge is -1.91. The summed E-state index contributed by atoms with van der Waals surface area (Å²) in [5.41, 5.74) is 0.811. The average molecular weight is 227 g/mol. The van der Waals surface area contributed by atoms with Gasteiger partial charge in [-0.25, -0.2) is 4.98 Å². The molecular formula is C9H7ClN2OS. The third-order valence-corrected chi connectivity index (χ3v) is 3.10. The quantitative estimate of drug-likeness (QED) is 0.813. The lowest BCUT2D eigenvalue weighted by Crippen LogP contribution is -2.04. The van der Waals surface area contributed by atoms with E-state index in [4.69, 9.17) is 11.6 Å². The highest BCUT2D eigenvalue weighted by molar-refractivity contribution is 7.23. The fraction of sp³-hybridized carbons (Fsp3) is 0.111. The number of amides is 1. The van der Waals surface area contributed by atoms with Crippen LogP contribution in [0.4, 0.5) is 5.13 Å². The van der Waals surface area contributed by atoms with Gasteiger partial charge in [-0.2, -0.15) is 0 Å². The first-order valence-corrected chi connectivity index (χ1v) is 5.19. The van der Waals surface area contributed by atoms with Crippen LogP contribution in [0.2, 0.25) is 5.02 Å². The maximum atomic E-state index is 10.8. The molecule has 0 fully saturated rings. The van der Waals surface area contributed by atoms with E-state index in [1.807, 2.05) is 12.1 Å². The van der Waals surface area contributed by atoms with E-state index in [0.29, 0.717) is 10.2 Å². The molecule has 0 aliphatic rings. The van der Waals surface area contributed by atoms with Crippen LogP contribution >= 0.6 is 22.9 Å². The lowest BCUT2D eigenvalue weighted by atomic mass is 10.3. The van der Waals surface area contributed by atoms with E-state index in [1.165, 1.54) is 18.3 Å². The highest BCUT2D eigenvalue weighted by Gasteiger charge is 2.06. The highest BCUT2D eigenvalue weighted by atomic mass is 35.5. The zero-order valence-corrected chi connectivity index (χ0v) is 8.95. The molecule has 0 aliphatic heterocycles. The summed E-state index contributed by atoms with van der Waals surface area (Å²) in [6.45, 7) is 1.45. The molecule has 0 spiro atoms. The monoisotopic (exact) mass is 226 g/mol. The second kappa shape index (κ2) is 3.55. The van der Waals surface area contributed by atoms with E-state index >= 15 is 0 Å². The molecule has 0 atom stereocenters. The Morgan fingerprint density at radius 2 is 2.36 bits per heavy atom. The summed E-state index contributed by atoms with van der Waals surface area (Å²) < 4.78 is 0.901. The molecule has 5 heteroatoms. The normalized spacial score (nSPS) is 10.4. The second-order valence-electron chi connectivity index (χ2n) is 2.79. The van der Waals surface area contributed by atoms with Crippen molar-refractivity contribution in [3.63, 3.8) is 0 Å². The van der Waals surface area contributed by atoms with Crippen LogP contribution in [0.3, 0.4) is 0 Å². The van der Waals surface area contributed by atoms with E-state index in [-0.39, 0.29) is 5.91 Å². The molecule has 0 radical (unpaired) electrons. The van der Waals surface area contributed by atoms with E-state index in [9.17, 15) is 4.79 Å². The number of nitrogens with one attached hydrogen (secondary N) is 1. The number of thiazole rings is 1. The van der Waals surface area contributed by atoms with Crippen molar-refractivity contribution in [1.29, 1.82) is 0 Å². The fourth-order valence-electron chi connectivity index (χ4n) is 1.12. The van der Waals surface area contributed by atoms with Crippen LogP contribution in [0.5, 0.6) is 0 Å². The van der Waals surface area contributed by atoms with Crippen LogP contribution < -0.4 is 5.32 Å². The summed E-state index contributed by atoms with van der Waals surface area (Å²) in [5.74, 6) is -0.125. The number of hydrogen-bond acceptors (Lipinski definition) is 3. The number of nitrogens with zero attached hydrogens (tertiary/aromatic N) is 1. The Kier molecular flexibility index (Phi) is 2.39. The first kappa shape index (κ1) is 9.43. The third kappa shape index (κ3) is 1.71. The Labute approximate surface area is 89.7 Å². The SMILES string of the molecule is CC(=O)Nc1nc2cccc(Cl)c2s1. The van der Waals surface area contributed by atoms with E-state index in [1.54, 1.807) is 6.07 Å². The molecule has 1 N–H and O–H groups in total. The number of aromatic nitrogens is 1. The molecular weight excluding hydrogens is 220 g/mol. The minimum absolute atomic E-state index is 0.125. The van der Waals surface area contributed by atoms with E-state index < -0.39 is 0 Å². The molecule has 1 amide bonds. The number of hydrogen-bond donors (Lipinski definition) is 1. The average Bonchev–Trinajstić information content (AvgIpc) is 2.47. The van der Waals surface area contributed by atoms with Crippen molar-refractivity contribution in [3.05, 3.63) is 23.2 Å². The van der Waals surface area contributed by atoms with Crippen LogP contribution in [0.15, 0.2) is 18.2 Å². The third-order valence-electron chi connectivity index (χ3n) is 1.65. The number of fused-ring (bicyclic) bond motifs is 1. The predicted octanol–water partition coefficient (Wildman–Crippen LogP) is 2.91. The Bertz CT molecular complexity index is 495. The van der Waals surface area contributed by atoms with Crippen molar-refractivity contribution in [2.24, 2.45) is 0 Å². The molecule has 0 saturated heterocycles. The van der Waals surface area contributed by atoms with Gasteiger partial charge in [0.2, 0.25) is 5.91 Å². The van der Waals surface area contributed by atoms with Crippen LogP contribution in [-0.2, 0) is 4.79 Å². The van der Waals surface area contributed by atoms with Crippen molar-refractivity contribution in [2.45, 2.75) is 6.92 Å². The second-order valence-corrected chi connectivity index (χ2v) is 4.19. The van der Waals surface area contributed by atoms with Crippen molar-refractivity contribution < 1.29 is 4.79 Å². The van der Waals surface area contributed by atoms with Crippen LogP contribution in [-0.4, -0.2) is 10.9 Å². The number of carbonyl (C=O) groups is 1.